The van der Waals surface area contributed by atoms with Gasteiger partial charge in [0.2, 0.25) is 4.77 Å². The van der Waals surface area contributed by atoms with Gasteiger partial charge in [-0.1, -0.05) is 5.92 Å². The molecule has 0 aliphatic carbocycles. The van der Waals surface area contributed by atoms with Gasteiger partial charge in [0.25, 0.3) is 5.56 Å². The summed E-state index contributed by atoms with van der Waals surface area (Å²) >= 11 is 8.41. The Kier molecular flexibility index (Phi) is 5.89. The summed E-state index contributed by atoms with van der Waals surface area (Å²) in [5, 5.41) is 10.4. The van der Waals surface area contributed by atoms with Gasteiger partial charge in [0.15, 0.2) is 11.5 Å². The minimum absolute atomic E-state index is 0.0989. The van der Waals surface area contributed by atoms with Crippen LogP contribution < -0.4 is 15.0 Å². The SMILES string of the molecule is C#CCOc1c(Br)cc(/C=N\n2c(=S)[nH]nc(C)c2=O)cc1OC. The lowest BCUT2D eigenvalue weighted by atomic mass is 10.2. The Morgan fingerprint density at radius 2 is 2.33 bits per heavy atom. The van der Waals surface area contributed by atoms with E-state index in [1.165, 1.54) is 13.3 Å². The lowest BCUT2D eigenvalue weighted by Gasteiger charge is -2.11. The topological polar surface area (TPSA) is 81.5 Å². The third-order valence-corrected chi connectivity index (χ3v) is 3.74. The van der Waals surface area contributed by atoms with E-state index < -0.39 is 5.56 Å². The molecule has 1 aromatic carbocycles. The van der Waals surface area contributed by atoms with Crippen LogP contribution in [0.25, 0.3) is 0 Å². The van der Waals surface area contributed by atoms with Gasteiger partial charge in [-0.15, -0.1) is 6.42 Å². The number of hydrogen-bond donors (Lipinski definition) is 1. The molecule has 2 aromatic rings. The van der Waals surface area contributed by atoms with Crippen molar-refractivity contribution in [3.8, 4) is 23.8 Å². The molecule has 2 rings (SSSR count). The van der Waals surface area contributed by atoms with Gasteiger partial charge in [-0.25, -0.2) is 0 Å². The molecule has 0 amide bonds. The maximum atomic E-state index is 12.0. The van der Waals surface area contributed by atoms with Gasteiger partial charge in [0.05, 0.1) is 17.8 Å². The van der Waals surface area contributed by atoms with Crippen molar-refractivity contribution in [3.05, 3.63) is 43.0 Å². The predicted molar refractivity (Wildman–Crippen MR) is 96.4 cm³/mol. The lowest BCUT2D eigenvalue weighted by Crippen LogP contribution is -2.22. The van der Waals surface area contributed by atoms with Crippen LogP contribution in [0.2, 0.25) is 0 Å². The van der Waals surface area contributed by atoms with Crippen molar-refractivity contribution in [1.82, 2.24) is 14.9 Å². The lowest BCUT2D eigenvalue weighted by molar-refractivity contribution is 0.329. The third-order valence-electron chi connectivity index (χ3n) is 2.89. The second-order valence-electron chi connectivity index (χ2n) is 4.50. The maximum Gasteiger partial charge on any atom is 0.296 e. The van der Waals surface area contributed by atoms with Crippen LogP contribution in [0.15, 0.2) is 26.5 Å². The molecule has 0 saturated heterocycles. The molecule has 0 saturated carbocycles. The number of nitrogens with zero attached hydrogens (tertiary/aromatic N) is 3. The van der Waals surface area contributed by atoms with Crippen molar-refractivity contribution in [2.45, 2.75) is 6.92 Å². The molecule has 0 aliphatic rings. The van der Waals surface area contributed by atoms with E-state index in [9.17, 15) is 4.79 Å². The minimum atomic E-state index is -0.394. The van der Waals surface area contributed by atoms with Crippen LogP contribution in [0.4, 0.5) is 0 Å². The summed E-state index contributed by atoms with van der Waals surface area (Å²) in [7, 11) is 1.51. The van der Waals surface area contributed by atoms with Gasteiger partial charge in [0, 0.05) is 0 Å². The highest BCUT2D eigenvalue weighted by atomic mass is 79.9. The van der Waals surface area contributed by atoms with Gasteiger partial charge >= 0.3 is 0 Å². The van der Waals surface area contributed by atoms with E-state index >= 15 is 0 Å². The molecule has 0 aliphatic heterocycles. The molecule has 24 heavy (non-hydrogen) atoms. The van der Waals surface area contributed by atoms with Crippen molar-refractivity contribution in [3.63, 3.8) is 0 Å². The number of H-pyrrole nitrogens is 1. The number of nitrogens with one attached hydrogen (secondary N) is 1. The molecule has 1 aromatic heterocycles. The number of benzene rings is 1. The number of aromatic nitrogens is 3. The Labute approximate surface area is 151 Å². The fraction of sp³-hybridized carbons (Fsp3) is 0.200. The summed E-state index contributed by atoms with van der Waals surface area (Å²) in [6, 6.07) is 3.45. The van der Waals surface area contributed by atoms with E-state index in [1.807, 2.05) is 0 Å². The van der Waals surface area contributed by atoms with E-state index in [0.29, 0.717) is 21.5 Å². The fourth-order valence-corrected chi connectivity index (χ4v) is 2.52. The quantitative estimate of drug-likeness (QED) is 0.466. The van der Waals surface area contributed by atoms with Crippen LogP contribution in [-0.2, 0) is 0 Å². The third kappa shape index (κ3) is 3.90. The highest BCUT2D eigenvalue weighted by molar-refractivity contribution is 9.10. The number of ether oxygens (including phenoxy) is 2. The molecular weight excluding hydrogens is 396 g/mol. The Morgan fingerprint density at radius 3 is 3.00 bits per heavy atom. The summed E-state index contributed by atoms with van der Waals surface area (Å²) in [6.45, 7) is 1.68. The fourth-order valence-electron chi connectivity index (χ4n) is 1.77. The van der Waals surface area contributed by atoms with Crippen LogP contribution in [0.5, 0.6) is 11.5 Å². The first-order valence-electron chi connectivity index (χ1n) is 6.64. The molecule has 0 spiro atoms. The van der Waals surface area contributed by atoms with Gasteiger partial charge in [0.1, 0.15) is 12.3 Å². The van der Waals surface area contributed by atoms with Crippen LogP contribution in [0.1, 0.15) is 11.3 Å². The first-order valence-corrected chi connectivity index (χ1v) is 7.84. The molecule has 0 radical (unpaired) electrons. The summed E-state index contributed by atoms with van der Waals surface area (Å²) in [5.41, 5.74) is 0.537. The van der Waals surface area contributed by atoms with Gasteiger partial charge < -0.3 is 9.47 Å². The van der Waals surface area contributed by atoms with E-state index in [0.717, 1.165) is 4.68 Å². The molecule has 7 nitrogen and oxygen atoms in total. The summed E-state index contributed by atoms with van der Waals surface area (Å²) in [6.07, 6.45) is 6.67. The summed E-state index contributed by atoms with van der Waals surface area (Å²) in [5.74, 6) is 3.35. The Balaban J connectivity index is 2.43. The number of aryl methyl sites for hydroxylation is 1. The van der Waals surface area contributed by atoms with E-state index in [-0.39, 0.29) is 17.1 Å². The molecule has 9 heteroatoms. The molecule has 0 unspecified atom stereocenters. The molecule has 0 fully saturated rings. The zero-order valence-electron chi connectivity index (χ0n) is 12.9. The average molecular weight is 409 g/mol. The van der Waals surface area contributed by atoms with Crippen molar-refractivity contribution in [1.29, 1.82) is 0 Å². The summed E-state index contributed by atoms with van der Waals surface area (Å²) < 4.78 is 12.5. The zero-order valence-corrected chi connectivity index (χ0v) is 15.3. The first-order chi connectivity index (χ1) is 11.5. The second-order valence-corrected chi connectivity index (χ2v) is 5.74. The molecule has 124 valence electrons. The normalized spacial score (nSPS) is 10.6. The monoisotopic (exact) mass is 408 g/mol. The maximum absolute atomic E-state index is 12.0. The highest BCUT2D eigenvalue weighted by Gasteiger charge is 2.11. The molecule has 0 bridgehead atoms. The van der Waals surface area contributed by atoms with Crippen molar-refractivity contribution < 1.29 is 9.47 Å². The first kappa shape index (κ1) is 17.9. The van der Waals surface area contributed by atoms with Gasteiger partial charge in [-0.3, -0.25) is 9.89 Å². The Hall–Kier alpha value is -2.44. The average Bonchev–Trinajstić information content (AvgIpc) is 2.57. The number of hydrogen-bond acceptors (Lipinski definition) is 6. The number of halogens is 1. The van der Waals surface area contributed by atoms with Gasteiger partial charge in [-0.2, -0.15) is 14.9 Å². The number of methoxy groups -OCH3 is 1. The van der Waals surface area contributed by atoms with Crippen LogP contribution >= 0.6 is 28.1 Å². The Bertz CT molecular complexity index is 943. The minimum Gasteiger partial charge on any atom is -0.493 e. The van der Waals surface area contributed by atoms with Crippen molar-refractivity contribution >= 4 is 34.4 Å². The van der Waals surface area contributed by atoms with Gasteiger partial charge in [-0.05, 0) is 52.8 Å². The summed E-state index contributed by atoms with van der Waals surface area (Å²) in [4.78, 5) is 12.0. The number of aromatic amines is 1. The van der Waals surface area contributed by atoms with E-state index in [2.05, 4.69) is 37.1 Å². The smallest absolute Gasteiger partial charge is 0.296 e. The second kappa shape index (κ2) is 7.90. The van der Waals surface area contributed by atoms with Crippen LogP contribution in [0.3, 0.4) is 0 Å². The van der Waals surface area contributed by atoms with Crippen LogP contribution in [0, 0.1) is 24.0 Å². The molecule has 0 atom stereocenters. The zero-order chi connectivity index (χ0) is 17.7. The Morgan fingerprint density at radius 1 is 1.58 bits per heavy atom. The van der Waals surface area contributed by atoms with Crippen LogP contribution in [-0.4, -0.2) is 34.8 Å². The van der Waals surface area contributed by atoms with Crippen molar-refractivity contribution in [2.24, 2.45) is 5.10 Å². The largest absolute Gasteiger partial charge is 0.493 e. The van der Waals surface area contributed by atoms with E-state index in [4.69, 9.17) is 28.1 Å². The highest BCUT2D eigenvalue weighted by Crippen LogP contribution is 2.36. The van der Waals surface area contributed by atoms with E-state index in [1.54, 1.807) is 19.1 Å². The molecule has 1 heterocycles. The molecular formula is C15H13BrN4O3S. The predicted octanol–water partition coefficient (Wildman–Crippen LogP) is 2.27. The van der Waals surface area contributed by atoms with Crippen molar-refractivity contribution in [2.75, 3.05) is 13.7 Å². The number of terminal acetylenes is 1. The number of rotatable bonds is 5. The standard InChI is InChI=1S/C15H13BrN4O3S/c1-4-5-23-13-11(16)6-10(7-12(13)22-3)8-17-20-14(21)9(2)18-19-15(20)24/h1,6-8H,5H2,2-3H3,(H,19,24)/b17-8-. The molecule has 1 N–H and O–H groups in total.